The van der Waals surface area contributed by atoms with Crippen molar-refractivity contribution in [3.05, 3.63) is 95.7 Å². The van der Waals surface area contributed by atoms with Crippen molar-refractivity contribution in [1.82, 2.24) is 10.3 Å². The zero-order valence-corrected chi connectivity index (χ0v) is 20.5. The zero-order valence-electron chi connectivity index (χ0n) is 20.5. The molecule has 0 spiro atoms. The number of ether oxygens (including phenoxy) is 1. The first-order valence-electron chi connectivity index (χ1n) is 12.0. The molecule has 0 atom stereocenters. The predicted octanol–water partition coefficient (Wildman–Crippen LogP) is 6.13. The number of rotatable bonds is 8. The lowest BCUT2D eigenvalue weighted by Gasteiger charge is -2.13. The molecule has 0 saturated heterocycles. The van der Waals surface area contributed by atoms with E-state index in [0.29, 0.717) is 30.6 Å². The van der Waals surface area contributed by atoms with Crippen LogP contribution in [0.25, 0.3) is 10.9 Å². The fourth-order valence-corrected chi connectivity index (χ4v) is 3.87. The average Bonchev–Trinajstić information content (AvgIpc) is 3.28. The van der Waals surface area contributed by atoms with Gasteiger partial charge in [-0.2, -0.15) is 0 Å². The van der Waals surface area contributed by atoms with E-state index in [4.69, 9.17) is 9.73 Å². The summed E-state index contributed by atoms with van der Waals surface area (Å²) in [5.41, 5.74) is 4.97. The largest absolute Gasteiger partial charge is 0.494 e. The number of anilines is 1. The summed E-state index contributed by atoms with van der Waals surface area (Å²) in [5.74, 6) is 1.37. The maximum Gasteiger partial charge on any atom is 0.257 e. The van der Waals surface area contributed by atoms with Gasteiger partial charge in [-0.25, -0.2) is 0 Å². The van der Waals surface area contributed by atoms with E-state index in [0.717, 1.165) is 23.4 Å². The number of aromatic amines is 1. The van der Waals surface area contributed by atoms with Crippen molar-refractivity contribution in [2.75, 3.05) is 18.5 Å². The monoisotopic (exact) mass is 468 g/mol. The number of para-hydroxylation sites is 1. The van der Waals surface area contributed by atoms with Crippen LogP contribution in [-0.4, -0.2) is 30.0 Å². The van der Waals surface area contributed by atoms with Gasteiger partial charge in [0.1, 0.15) is 5.75 Å². The van der Waals surface area contributed by atoms with Crippen molar-refractivity contribution >= 4 is 28.5 Å². The van der Waals surface area contributed by atoms with E-state index in [1.54, 1.807) is 24.3 Å². The molecule has 0 saturated carbocycles. The first kappa shape index (κ1) is 24.1. The molecule has 0 aliphatic heterocycles. The van der Waals surface area contributed by atoms with E-state index in [2.05, 4.69) is 53.7 Å². The summed E-state index contributed by atoms with van der Waals surface area (Å²) in [7, 11) is 0. The van der Waals surface area contributed by atoms with E-state index in [-0.39, 0.29) is 5.91 Å². The minimum absolute atomic E-state index is 0.231. The van der Waals surface area contributed by atoms with E-state index in [1.165, 1.54) is 16.5 Å². The summed E-state index contributed by atoms with van der Waals surface area (Å²) < 4.78 is 5.48. The average molecular weight is 469 g/mol. The molecule has 1 heterocycles. The van der Waals surface area contributed by atoms with Gasteiger partial charge in [-0.15, -0.1) is 0 Å². The van der Waals surface area contributed by atoms with E-state index < -0.39 is 0 Å². The highest BCUT2D eigenvalue weighted by Gasteiger charge is 2.11. The SMILES string of the molecule is CCOc1ccc(C(=O)NC(=NCCc2c[nH]c3ccccc23)Nc2ccc(C(C)C)cc2)cc1. The molecule has 0 unspecified atom stereocenters. The molecule has 0 bridgehead atoms. The third kappa shape index (κ3) is 6.29. The first-order chi connectivity index (χ1) is 17.0. The Morgan fingerprint density at radius 3 is 2.46 bits per heavy atom. The number of fused-ring (bicyclic) bond motifs is 1. The van der Waals surface area contributed by atoms with Crippen molar-refractivity contribution in [2.24, 2.45) is 4.99 Å². The molecule has 4 aromatic rings. The Morgan fingerprint density at radius 2 is 1.74 bits per heavy atom. The number of benzene rings is 3. The van der Waals surface area contributed by atoms with Crippen molar-refractivity contribution in [2.45, 2.75) is 33.1 Å². The fraction of sp³-hybridized carbons (Fsp3) is 0.241. The molecule has 1 amide bonds. The van der Waals surface area contributed by atoms with Gasteiger partial charge in [0, 0.05) is 34.9 Å². The van der Waals surface area contributed by atoms with E-state index >= 15 is 0 Å². The van der Waals surface area contributed by atoms with Gasteiger partial charge < -0.3 is 15.0 Å². The van der Waals surface area contributed by atoms with Crippen LogP contribution < -0.4 is 15.4 Å². The molecular formula is C29H32N4O2. The van der Waals surface area contributed by atoms with Gasteiger partial charge >= 0.3 is 0 Å². The molecular weight excluding hydrogens is 436 g/mol. The van der Waals surface area contributed by atoms with Gasteiger partial charge in [0.25, 0.3) is 5.91 Å². The smallest absolute Gasteiger partial charge is 0.257 e. The molecule has 3 aromatic carbocycles. The molecule has 0 radical (unpaired) electrons. The summed E-state index contributed by atoms with van der Waals surface area (Å²) in [6.45, 7) is 7.36. The third-order valence-electron chi connectivity index (χ3n) is 5.83. The van der Waals surface area contributed by atoms with Crippen LogP contribution in [0.2, 0.25) is 0 Å². The van der Waals surface area contributed by atoms with Gasteiger partial charge in [-0.3, -0.25) is 15.1 Å². The van der Waals surface area contributed by atoms with Gasteiger partial charge in [-0.1, -0.05) is 44.2 Å². The Balaban J connectivity index is 1.50. The van der Waals surface area contributed by atoms with Crippen LogP contribution >= 0.6 is 0 Å². The molecule has 3 N–H and O–H groups in total. The Morgan fingerprint density at radius 1 is 1.00 bits per heavy atom. The van der Waals surface area contributed by atoms with Crippen LogP contribution in [0.5, 0.6) is 5.75 Å². The highest BCUT2D eigenvalue weighted by Crippen LogP contribution is 2.19. The molecule has 35 heavy (non-hydrogen) atoms. The highest BCUT2D eigenvalue weighted by atomic mass is 16.5. The van der Waals surface area contributed by atoms with Crippen LogP contribution in [0.15, 0.2) is 84.0 Å². The summed E-state index contributed by atoms with van der Waals surface area (Å²) in [4.78, 5) is 21.0. The molecule has 180 valence electrons. The van der Waals surface area contributed by atoms with E-state index in [1.807, 2.05) is 37.4 Å². The number of guanidine groups is 1. The molecule has 0 aliphatic carbocycles. The maximum absolute atomic E-state index is 12.9. The van der Waals surface area contributed by atoms with Gasteiger partial charge in [-0.05, 0) is 72.9 Å². The number of nitrogens with one attached hydrogen (secondary N) is 3. The number of hydrogen-bond donors (Lipinski definition) is 3. The Labute approximate surface area is 206 Å². The topological polar surface area (TPSA) is 78.5 Å². The summed E-state index contributed by atoms with van der Waals surface area (Å²) in [5, 5.41) is 7.41. The highest BCUT2D eigenvalue weighted by molar-refractivity contribution is 6.10. The number of nitrogens with zero attached hydrogens (tertiary/aromatic N) is 1. The molecule has 4 rings (SSSR count). The van der Waals surface area contributed by atoms with Crippen molar-refractivity contribution in [3.63, 3.8) is 0 Å². The number of carbonyl (C=O) groups excluding carboxylic acids is 1. The lowest BCUT2D eigenvalue weighted by molar-refractivity contribution is 0.0977. The maximum atomic E-state index is 12.9. The third-order valence-corrected chi connectivity index (χ3v) is 5.83. The molecule has 6 heteroatoms. The molecule has 0 aliphatic rings. The lowest BCUT2D eigenvalue weighted by atomic mass is 10.0. The summed E-state index contributed by atoms with van der Waals surface area (Å²) in [6, 6.07) is 23.5. The number of H-pyrrole nitrogens is 1. The van der Waals surface area contributed by atoms with Crippen LogP contribution in [-0.2, 0) is 6.42 Å². The van der Waals surface area contributed by atoms with Gasteiger partial charge in [0.2, 0.25) is 5.96 Å². The lowest BCUT2D eigenvalue weighted by Crippen LogP contribution is -2.36. The summed E-state index contributed by atoms with van der Waals surface area (Å²) in [6.07, 6.45) is 2.77. The zero-order chi connectivity index (χ0) is 24.6. The van der Waals surface area contributed by atoms with Crippen LogP contribution in [0.3, 0.4) is 0 Å². The standard InChI is InChI=1S/C29H32N4O2/c1-4-35-25-15-11-22(12-16-25)28(34)33-29(32-24-13-9-21(10-14-24)20(2)3)30-18-17-23-19-31-27-8-6-5-7-26(23)27/h5-16,19-20,31H,4,17-18H2,1-3H3,(H2,30,32,33,34). The molecule has 0 fully saturated rings. The Bertz CT molecular complexity index is 1290. The quantitative estimate of drug-likeness (QED) is 0.215. The fourth-order valence-electron chi connectivity index (χ4n) is 3.87. The normalized spacial score (nSPS) is 11.6. The second-order valence-corrected chi connectivity index (χ2v) is 8.65. The van der Waals surface area contributed by atoms with Crippen molar-refractivity contribution in [1.29, 1.82) is 0 Å². The molecule has 1 aromatic heterocycles. The van der Waals surface area contributed by atoms with Gasteiger partial charge in [0.05, 0.1) is 6.61 Å². The van der Waals surface area contributed by atoms with Crippen molar-refractivity contribution in [3.8, 4) is 5.75 Å². The van der Waals surface area contributed by atoms with Crippen LogP contribution in [0.1, 0.15) is 48.2 Å². The molecule has 6 nitrogen and oxygen atoms in total. The number of carbonyl (C=O) groups is 1. The second kappa shape index (κ2) is 11.4. The van der Waals surface area contributed by atoms with Crippen LogP contribution in [0, 0.1) is 0 Å². The predicted molar refractivity (Wildman–Crippen MR) is 144 cm³/mol. The van der Waals surface area contributed by atoms with Crippen LogP contribution in [0.4, 0.5) is 5.69 Å². The Kier molecular flexibility index (Phi) is 7.83. The van der Waals surface area contributed by atoms with Crippen molar-refractivity contribution < 1.29 is 9.53 Å². The number of aliphatic imine (C=N–C) groups is 1. The minimum atomic E-state index is -0.231. The van der Waals surface area contributed by atoms with Gasteiger partial charge in [0.15, 0.2) is 0 Å². The minimum Gasteiger partial charge on any atom is -0.494 e. The number of amides is 1. The second-order valence-electron chi connectivity index (χ2n) is 8.65. The number of hydrogen-bond acceptors (Lipinski definition) is 3. The Hall–Kier alpha value is -4.06. The van der Waals surface area contributed by atoms with E-state index in [9.17, 15) is 4.79 Å². The first-order valence-corrected chi connectivity index (χ1v) is 12.0. The summed E-state index contributed by atoms with van der Waals surface area (Å²) >= 11 is 0. The number of aromatic nitrogens is 1.